The lowest BCUT2D eigenvalue weighted by Crippen LogP contribution is -2.54. The number of carbonyl (C=O) groups is 6. The first-order valence-electron chi connectivity index (χ1n) is 20.1. The van der Waals surface area contributed by atoms with Gasteiger partial charge in [0, 0.05) is 36.6 Å². The maximum absolute atomic E-state index is 12.0. The van der Waals surface area contributed by atoms with Crippen LogP contribution in [0.25, 0.3) is 11.0 Å². The smallest absolute Gasteiger partial charge is 0.464 e. The van der Waals surface area contributed by atoms with Gasteiger partial charge in [-0.05, 0) is 120 Å². The molecule has 4 N–H and O–H groups in total. The minimum Gasteiger partial charge on any atom is -0.464 e. The van der Waals surface area contributed by atoms with E-state index in [4.69, 9.17) is 70.1 Å². The van der Waals surface area contributed by atoms with Crippen LogP contribution in [0.5, 0.6) is 0 Å². The van der Waals surface area contributed by atoms with Crippen molar-refractivity contribution < 1.29 is 76.8 Å². The second-order valence-corrected chi connectivity index (χ2v) is 18.9. The van der Waals surface area contributed by atoms with Crippen molar-refractivity contribution in [1.82, 2.24) is 20.0 Å². The molecule has 4 heterocycles. The first kappa shape index (κ1) is 56.8. The zero-order chi connectivity index (χ0) is 49.3. The van der Waals surface area contributed by atoms with Gasteiger partial charge < -0.3 is 68.0 Å². The molecule has 2 aromatic rings. The summed E-state index contributed by atoms with van der Waals surface area (Å²) in [5.41, 5.74) is -0.396. The van der Waals surface area contributed by atoms with Crippen molar-refractivity contribution >= 4 is 100 Å². The number of halogens is 4. The van der Waals surface area contributed by atoms with E-state index >= 15 is 0 Å². The number of benzene rings is 1. The van der Waals surface area contributed by atoms with Crippen LogP contribution in [0, 0.1) is 0 Å². The van der Waals surface area contributed by atoms with Gasteiger partial charge in [0.25, 0.3) is 0 Å². The highest BCUT2D eigenvalue weighted by molar-refractivity contribution is 6.66. The predicted molar refractivity (Wildman–Crippen MR) is 239 cm³/mol. The summed E-state index contributed by atoms with van der Waals surface area (Å²) in [6.45, 7) is 16.5. The molecule has 1 aromatic carbocycles. The molecule has 4 amide bonds. The van der Waals surface area contributed by atoms with Gasteiger partial charge in [-0.1, -0.05) is 24.8 Å². The first-order valence-corrected chi connectivity index (χ1v) is 21.6. The third kappa shape index (κ3) is 20.8. The van der Waals surface area contributed by atoms with E-state index in [9.17, 15) is 38.8 Å². The SMILES string of the molecule is C=CC(=O)N1CC[C@@H]1COC(=O)N[C@@H](Cc1coc2ccccc12)B(O)O.CC(C)(C)OC(=O)N1CC[C@@H]1CO.CC(C)(C)OC(=O)N1CC[C@@H]1COC(=O)Cl.COC(=O)OC(Cl)(Cl)Cl. The number of para-hydroxylation sites is 1. The van der Waals surface area contributed by atoms with Crippen molar-refractivity contribution in [3.63, 3.8) is 0 Å². The Morgan fingerprint density at radius 1 is 0.846 bits per heavy atom. The Labute approximate surface area is 397 Å². The van der Waals surface area contributed by atoms with Gasteiger partial charge >= 0.3 is 41.0 Å². The Morgan fingerprint density at radius 3 is 1.77 bits per heavy atom. The Morgan fingerprint density at radius 2 is 1.35 bits per heavy atom. The molecule has 0 spiro atoms. The lowest BCUT2D eigenvalue weighted by Gasteiger charge is -2.40. The highest BCUT2D eigenvalue weighted by Gasteiger charge is 2.37. The maximum Gasteiger partial charge on any atom is 0.511 e. The number of carbonyl (C=O) groups excluding carboxylic acids is 6. The third-order valence-electron chi connectivity index (χ3n) is 9.18. The van der Waals surface area contributed by atoms with Gasteiger partial charge in [0.05, 0.1) is 44.0 Å². The highest BCUT2D eigenvalue weighted by Crippen LogP contribution is 2.28. The number of rotatable bonds is 10. The number of methoxy groups -OCH3 is 1. The summed E-state index contributed by atoms with van der Waals surface area (Å²) in [4.78, 5) is 71.8. The second-order valence-electron chi connectivity index (χ2n) is 16.4. The first-order chi connectivity index (χ1) is 30.2. The summed E-state index contributed by atoms with van der Waals surface area (Å²) in [7, 11) is -0.660. The van der Waals surface area contributed by atoms with Crippen LogP contribution < -0.4 is 5.32 Å². The summed E-state index contributed by atoms with van der Waals surface area (Å²) < 4.78 is 31.5. The van der Waals surface area contributed by atoms with Crippen LogP contribution in [0.2, 0.25) is 0 Å². The number of alkyl halides is 3. The van der Waals surface area contributed by atoms with Gasteiger partial charge in [-0.2, -0.15) is 0 Å². The molecular weight excluding hydrogens is 945 g/mol. The minimum absolute atomic E-state index is 0.0270. The predicted octanol–water partition coefficient (Wildman–Crippen LogP) is 6.33. The Kier molecular flexibility index (Phi) is 22.8. The van der Waals surface area contributed by atoms with Crippen molar-refractivity contribution in [3.05, 3.63) is 48.7 Å². The summed E-state index contributed by atoms with van der Waals surface area (Å²) >= 11 is 20.1. The molecule has 0 radical (unpaired) electrons. The van der Waals surface area contributed by atoms with Crippen molar-refractivity contribution in [1.29, 1.82) is 0 Å². The van der Waals surface area contributed by atoms with Crippen molar-refractivity contribution in [2.75, 3.05) is 46.6 Å². The van der Waals surface area contributed by atoms with Crippen molar-refractivity contribution in [3.8, 4) is 0 Å². The normalized spacial score (nSPS) is 18.0. The summed E-state index contributed by atoms with van der Waals surface area (Å²) in [6.07, 6.45) is 2.80. The molecule has 0 bridgehead atoms. The lowest BCUT2D eigenvalue weighted by atomic mass is 9.76. The van der Waals surface area contributed by atoms with Crippen LogP contribution in [0.3, 0.4) is 0 Å². The lowest BCUT2D eigenvalue weighted by molar-refractivity contribution is -0.135. The molecule has 65 heavy (non-hydrogen) atoms. The van der Waals surface area contributed by atoms with Crippen LogP contribution in [-0.4, -0.2) is 159 Å². The highest BCUT2D eigenvalue weighted by atomic mass is 35.6. The molecular formula is C40H57BCl4N4O16. The number of ether oxygens (including phenoxy) is 6. The number of alkyl carbamates (subject to hydrolysis) is 1. The molecule has 1 aromatic heterocycles. The summed E-state index contributed by atoms with van der Waals surface area (Å²) in [6, 6.07) is 7.02. The van der Waals surface area contributed by atoms with E-state index in [2.05, 4.69) is 26.1 Å². The number of hydrogen-bond donors (Lipinski definition) is 4. The standard InChI is InChI=1S/C18H21BN2O6.C10H16ClNO4.C9H17NO3.C3H3Cl3O3/c1-2-17(22)21-8-7-13(21)11-27-18(23)20-16(19(24)25)9-12-10-26-15-6-4-3-5-14(12)15;1-10(2,3)16-9(14)12-5-4-7(12)6-15-8(11)13;1-9(2,3)13-8(12)10-5-4-7(10)6-11;1-8-2(7)9-3(4,5)6/h2-6,10,13,16,24-25H,1,7-9,11H2,(H,20,23);7H,4-6H2,1-3H3;7,11H,4-6H2,1-3H3;1H3/t13-,16+;2*7-;/m111./s1. The number of nitrogens with one attached hydrogen (secondary N) is 1. The zero-order valence-corrected chi connectivity index (χ0v) is 40.2. The molecule has 0 unspecified atom stereocenters. The zero-order valence-electron chi connectivity index (χ0n) is 37.1. The third-order valence-corrected chi connectivity index (χ3v) is 9.52. The fraction of sp³-hybridized carbons (Fsp3) is 0.600. The van der Waals surface area contributed by atoms with Gasteiger partial charge in [-0.15, -0.1) is 0 Å². The van der Waals surface area contributed by atoms with Crippen LogP contribution in [0.15, 0.2) is 47.6 Å². The molecule has 3 aliphatic heterocycles. The summed E-state index contributed by atoms with van der Waals surface area (Å²) in [5.74, 6) is -1.17. The minimum atomic E-state index is -2.03. The van der Waals surface area contributed by atoms with Crippen LogP contribution in [-0.2, 0) is 39.6 Å². The molecule has 20 nitrogen and oxygen atoms in total. The molecule has 3 saturated heterocycles. The van der Waals surface area contributed by atoms with Crippen LogP contribution >= 0.6 is 46.4 Å². The van der Waals surface area contributed by atoms with E-state index in [0.717, 1.165) is 37.3 Å². The van der Waals surface area contributed by atoms with Crippen molar-refractivity contribution in [2.45, 2.75) is 106 Å². The van der Waals surface area contributed by atoms with Gasteiger partial charge in [0.1, 0.15) is 30.0 Å². The molecule has 364 valence electrons. The Bertz CT molecular complexity index is 1900. The van der Waals surface area contributed by atoms with Gasteiger partial charge in [-0.3, -0.25) is 4.79 Å². The average Bonchev–Trinajstić information content (AvgIpc) is 3.54. The Hall–Kier alpha value is -4.38. The van der Waals surface area contributed by atoms with Crippen molar-refractivity contribution in [2.24, 2.45) is 0 Å². The largest absolute Gasteiger partial charge is 0.511 e. The number of aliphatic hydroxyl groups is 1. The number of fused-ring (bicyclic) bond motifs is 1. The maximum atomic E-state index is 12.0. The summed E-state index contributed by atoms with van der Waals surface area (Å²) in [5, 5.41) is 31.4. The molecule has 4 atom stereocenters. The van der Waals surface area contributed by atoms with Crippen LogP contribution in [0.1, 0.15) is 66.4 Å². The van der Waals surface area contributed by atoms with Gasteiger partial charge in [0.15, 0.2) is 0 Å². The fourth-order valence-corrected chi connectivity index (χ4v) is 5.96. The molecule has 25 heteroatoms. The second kappa shape index (κ2) is 26.1. The van der Waals surface area contributed by atoms with E-state index < -0.39 is 45.9 Å². The molecule has 0 aliphatic carbocycles. The molecule has 0 saturated carbocycles. The topological polar surface area (TPSA) is 253 Å². The molecule has 5 rings (SSSR count). The van der Waals surface area contributed by atoms with E-state index in [1.165, 1.54) is 17.2 Å². The number of aliphatic hydroxyl groups excluding tert-OH is 1. The fourth-order valence-electron chi connectivity index (χ4n) is 5.71. The number of furan rings is 1. The van der Waals surface area contributed by atoms with E-state index in [0.29, 0.717) is 25.2 Å². The Balaban J connectivity index is 0.000000326. The van der Waals surface area contributed by atoms with E-state index in [1.54, 1.807) is 36.6 Å². The number of likely N-dealkylation sites (tertiary alicyclic amines) is 3. The van der Waals surface area contributed by atoms with Crippen LogP contribution in [0.4, 0.5) is 24.0 Å². The average molecular weight is 1000 g/mol. The van der Waals surface area contributed by atoms with Gasteiger partial charge in [0.2, 0.25) is 5.91 Å². The van der Waals surface area contributed by atoms with E-state index in [-0.39, 0.29) is 62.5 Å². The molecule has 3 aliphatic rings. The monoisotopic (exact) mass is 1000 g/mol. The number of nitrogens with zero attached hydrogens (tertiary/aromatic N) is 3. The van der Waals surface area contributed by atoms with E-state index in [1.807, 2.05) is 39.0 Å². The number of hydrogen-bond acceptors (Lipinski definition) is 16. The number of amides is 4. The quantitative estimate of drug-likeness (QED) is 0.0507. The van der Waals surface area contributed by atoms with Gasteiger partial charge in [-0.25, -0.2) is 24.0 Å². The molecule has 3 fully saturated rings.